The summed E-state index contributed by atoms with van der Waals surface area (Å²) in [5, 5.41) is 12.3. The van der Waals surface area contributed by atoms with Gasteiger partial charge in [0, 0.05) is 12.6 Å². The molecule has 0 heterocycles. The Hall–Kier alpha value is -1.39. The van der Waals surface area contributed by atoms with Crippen molar-refractivity contribution < 1.29 is 9.90 Å². The van der Waals surface area contributed by atoms with Crippen molar-refractivity contribution in [3.8, 4) is 0 Å². The maximum atomic E-state index is 10.9. The number of nitrogens with zero attached hydrogens (tertiary/aromatic N) is 1. The zero-order chi connectivity index (χ0) is 14.4. The minimum atomic E-state index is -0.657. The largest absolute Gasteiger partial charge is 0.481 e. The van der Waals surface area contributed by atoms with E-state index in [1.165, 1.54) is 5.56 Å². The van der Waals surface area contributed by atoms with Crippen molar-refractivity contribution in [3.05, 3.63) is 35.9 Å². The molecule has 0 amide bonds. The maximum Gasteiger partial charge on any atom is 0.308 e. The lowest BCUT2D eigenvalue weighted by atomic mass is 9.79. The number of carboxylic acids is 1. The maximum absolute atomic E-state index is 10.9. The van der Waals surface area contributed by atoms with E-state index in [-0.39, 0.29) is 12.0 Å². The predicted molar refractivity (Wildman–Crippen MR) is 79.5 cm³/mol. The third-order valence-electron chi connectivity index (χ3n) is 4.01. The lowest BCUT2D eigenvalue weighted by molar-refractivity contribution is -0.146. The van der Waals surface area contributed by atoms with Gasteiger partial charge < -0.3 is 15.3 Å². The molecule has 1 aromatic rings. The summed E-state index contributed by atoms with van der Waals surface area (Å²) in [6, 6.07) is 10.6. The molecule has 1 aliphatic rings. The molecule has 1 aromatic carbocycles. The first-order chi connectivity index (χ1) is 9.66. The van der Waals surface area contributed by atoms with E-state index in [2.05, 4.69) is 41.5 Å². The van der Waals surface area contributed by atoms with Crippen LogP contribution in [0.25, 0.3) is 0 Å². The SMILES string of the molecule is CN(CCCNC1CCC1C(=O)O)Cc1ccccc1. The number of rotatable bonds is 8. The van der Waals surface area contributed by atoms with Crippen LogP contribution in [0.1, 0.15) is 24.8 Å². The van der Waals surface area contributed by atoms with Crippen molar-refractivity contribution >= 4 is 5.97 Å². The highest BCUT2D eigenvalue weighted by Crippen LogP contribution is 2.27. The highest BCUT2D eigenvalue weighted by Gasteiger charge is 2.35. The summed E-state index contributed by atoms with van der Waals surface area (Å²) in [5.74, 6) is -0.827. The fourth-order valence-electron chi connectivity index (χ4n) is 2.65. The van der Waals surface area contributed by atoms with E-state index in [0.717, 1.165) is 38.9 Å². The van der Waals surface area contributed by atoms with Crippen molar-refractivity contribution in [2.24, 2.45) is 5.92 Å². The first kappa shape index (κ1) is 15.0. The number of carboxylic acid groups (broad SMARTS) is 1. The van der Waals surface area contributed by atoms with Crippen LogP contribution in [0.5, 0.6) is 0 Å². The standard InChI is InChI=1S/C16H24N2O2/c1-18(12-13-6-3-2-4-7-13)11-5-10-17-15-9-8-14(15)16(19)20/h2-4,6-7,14-15,17H,5,8-12H2,1H3,(H,19,20). The molecule has 0 aliphatic heterocycles. The lowest BCUT2D eigenvalue weighted by Gasteiger charge is -2.34. The zero-order valence-electron chi connectivity index (χ0n) is 12.1. The summed E-state index contributed by atoms with van der Waals surface area (Å²) in [6.45, 7) is 2.88. The van der Waals surface area contributed by atoms with Crippen molar-refractivity contribution in [2.45, 2.75) is 31.8 Å². The number of aliphatic carboxylic acids is 1. The van der Waals surface area contributed by atoms with Gasteiger partial charge in [-0.2, -0.15) is 0 Å². The van der Waals surface area contributed by atoms with Crippen LogP contribution in [-0.4, -0.2) is 42.2 Å². The average molecular weight is 276 g/mol. The number of hydrogen-bond acceptors (Lipinski definition) is 3. The molecule has 4 nitrogen and oxygen atoms in total. The first-order valence-electron chi connectivity index (χ1n) is 7.35. The molecule has 4 heteroatoms. The van der Waals surface area contributed by atoms with Gasteiger partial charge in [-0.15, -0.1) is 0 Å². The molecule has 2 rings (SSSR count). The number of benzene rings is 1. The molecule has 0 bridgehead atoms. The van der Waals surface area contributed by atoms with Gasteiger partial charge in [0.05, 0.1) is 5.92 Å². The molecule has 2 N–H and O–H groups in total. The minimum Gasteiger partial charge on any atom is -0.481 e. The van der Waals surface area contributed by atoms with Crippen LogP contribution < -0.4 is 5.32 Å². The van der Waals surface area contributed by atoms with Gasteiger partial charge in [0.25, 0.3) is 0 Å². The van der Waals surface area contributed by atoms with E-state index < -0.39 is 5.97 Å². The molecule has 1 fully saturated rings. The normalized spacial score (nSPS) is 21.7. The van der Waals surface area contributed by atoms with Crippen molar-refractivity contribution in [1.29, 1.82) is 0 Å². The second-order valence-corrected chi connectivity index (χ2v) is 5.66. The van der Waals surface area contributed by atoms with Crippen LogP contribution in [0, 0.1) is 5.92 Å². The van der Waals surface area contributed by atoms with Gasteiger partial charge in [-0.25, -0.2) is 0 Å². The Kier molecular flexibility index (Phi) is 5.56. The molecule has 1 aliphatic carbocycles. The average Bonchev–Trinajstić information content (AvgIpc) is 2.37. The fourth-order valence-corrected chi connectivity index (χ4v) is 2.65. The molecule has 110 valence electrons. The zero-order valence-corrected chi connectivity index (χ0v) is 12.1. The van der Waals surface area contributed by atoms with Gasteiger partial charge in [-0.3, -0.25) is 4.79 Å². The smallest absolute Gasteiger partial charge is 0.308 e. The number of carbonyl (C=O) groups is 1. The molecular weight excluding hydrogens is 252 g/mol. The molecule has 0 radical (unpaired) electrons. The van der Waals surface area contributed by atoms with E-state index in [0.29, 0.717) is 0 Å². The molecular formula is C16H24N2O2. The topological polar surface area (TPSA) is 52.6 Å². The first-order valence-corrected chi connectivity index (χ1v) is 7.35. The Morgan fingerprint density at radius 3 is 2.70 bits per heavy atom. The quantitative estimate of drug-likeness (QED) is 0.713. The third kappa shape index (κ3) is 4.32. The summed E-state index contributed by atoms with van der Waals surface area (Å²) in [6.07, 6.45) is 2.86. The summed E-state index contributed by atoms with van der Waals surface area (Å²) in [4.78, 5) is 13.2. The fraction of sp³-hybridized carbons (Fsp3) is 0.562. The Morgan fingerprint density at radius 1 is 1.35 bits per heavy atom. The molecule has 2 atom stereocenters. The van der Waals surface area contributed by atoms with E-state index in [9.17, 15) is 4.79 Å². The minimum absolute atomic E-state index is 0.169. The van der Waals surface area contributed by atoms with Crippen LogP contribution >= 0.6 is 0 Å². The van der Waals surface area contributed by atoms with Gasteiger partial charge in [0.1, 0.15) is 0 Å². The van der Waals surface area contributed by atoms with Gasteiger partial charge >= 0.3 is 5.97 Å². The summed E-state index contributed by atoms with van der Waals surface area (Å²) in [5.41, 5.74) is 1.33. The molecule has 0 spiro atoms. The van der Waals surface area contributed by atoms with Gasteiger partial charge in [0.2, 0.25) is 0 Å². The Bertz CT molecular complexity index is 422. The molecule has 20 heavy (non-hydrogen) atoms. The van der Waals surface area contributed by atoms with Crippen LogP contribution in [0.15, 0.2) is 30.3 Å². The van der Waals surface area contributed by atoms with Crippen LogP contribution in [0.2, 0.25) is 0 Å². The molecule has 0 saturated heterocycles. The van der Waals surface area contributed by atoms with E-state index in [1.54, 1.807) is 0 Å². The molecule has 2 unspecified atom stereocenters. The van der Waals surface area contributed by atoms with Gasteiger partial charge in [-0.05, 0) is 45.0 Å². The molecule has 0 aromatic heterocycles. The molecule has 1 saturated carbocycles. The van der Waals surface area contributed by atoms with Crippen molar-refractivity contribution in [3.63, 3.8) is 0 Å². The Labute approximate surface area is 120 Å². The van der Waals surface area contributed by atoms with Crippen LogP contribution in [0.3, 0.4) is 0 Å². The Balaban J connectivity index is 1.58. The summed E-state index contributed by atoms with van der Waals surface area (Å²) in [7, 11) is 2.12. The third-order valence-corrected chi connectivity index (χ3v) is 4.01. The van der Waals surface area contributed by atoms with E-state index in [4.69, 9.17) is 5.11 Å². The highest BCUT2D eigenvalue weighted by atomic mass is 16.4. The summed E-state index contributed by atoms with van der Waals surface area (Å²) >= 11 is 0. The van der Waals surface area contributed by atoms with Crippen molar-refractivity contribution in [2.75, 3.05) is 20.1 Å². The number of nitrogens with one attached hydrogen (secondary N) is 1. The highest BCUT2D eigenvalue weighted by molar-refractivity contribution is 5.72. The second kappa shape index (κ2) is 7.41. The van der Waals surface area contributed by atoms with Gasteiger partial charge in [-0.1, -0.05) is 30.3 Å². The van der Waals surface area contributed by atoms with Crippen LogP contribution in [-0.2, 0) is 11.3 Å². The predicted octanol–water partition coefficient (Wildman–Crippen LogP) is 1.96. The second-order valence-electron chi connectivity index (χ2n) is 5.66. The Morgan fingerprint density at radius 2 is 2.10 bits per heavy atom. The van der Waals surface area contributed by atoms with E-state index >= 15 is 0 Å². The lowest BCUT2D eigenvalue weighted by Crippen LogP contribution is -2.48. The van der Waals surface area contributed by atoms with Gasteiger partial charge in [0.15, 0.2) is 0 Å². The van der Waals surface area contributed by atoms with E-state index in [1.807, 2.05) is 6.07 Å². The monoisotopic (exact) mass is 276 g/mol. The van der Waals surface area contributed by atoms with Crippen LogP contribution in [0.4, 0.5) is 0 Å². The number of hydrogen-bond donors (Lipinski definition) is 2. The van der Waals surface area contributed by atoms with Crippen molar-refractivity contribution in [1.82, 2.24) is 10.2 Å². The summed E-state index contributed by atoms with van der Waals surface area (Å²) < 4.78 is 0.